The Morgan fingerprint density at radius 3 is 2.56 bits per heavy atom. The Labute approximate surface area is 203 Å². The van der Waals surface area contributed by atoms with E-state index in [1.807, 2.05) is 38.1 Å². The maximum Gasteiger partial charge on any atom is 0.259 e. The van der Waals surface area contributed by atoms with Gasteiger partial charge in [-0.1, -0.05) is 31.5 Å². The number of methoxy groups -OCH3 is 1. The van der Waals surface area contributed by atoms with Gasteiger partial charge >= 0.3 is 0 Å². The quantitative estimate of drug-likeness (QED) is 0.343. The van der Waals surface area contributed by atoms with Crippen molar-refractivity contribution in [2.75, 3.05) is 12.4 Å². The summed E-state index contributed by atoms with van der Waals surface area (Å²) in [6, 6.07) is 16.4. The Balaban J connectivity index is 1.57. The van der Waals surface area contributed by atoms with Crippen LogP contribution in [0.2, 0.25) is 5.02 Å². The SMILES string of the molecule is COc1ccc(NC(=O)c2cnn(-c3ccc(Cl)cc3)c2C(C)C)cc1OCc1cccnc1. The van der Waals surface area contributed by atoms with Gasteiger partial charge in [0.15, 0.2) is 11.5 Å². The summed E-state index contributed by atoms with van der Waals surface area (Å²) in [6.07, 6.45) is 5.03. The van der Waals surface area contributed by atoms with Crippen molar-refractivity contribution in [3.63, 3.8) is 0 Å². The number of carbonyl (C=O) groups is 1. The number of amides is 1. The first-order valence-electron chi connectivity index (χ1n) is 10.8. The van der Waals surface area contributed by atoms with Crippen molar-refractivity contribution in [3.8, 4) is 17.2 Å². The van der Waals surface area contributed by atoms with Crippen LogP contribution >= 0.6 is 11.6 Å². The Hall–Kier alpha value is -3.84. The van der Waals surface area contributed by atoms with Crippen LogP contribution in [0.1, 0.15) is 41.4 Å². The van der Waals surface area contributed by atoms with E-state index < -0.39 is 0 Å². The van der Waals surface area contributed by atoms with Gasteiger partial charge in [-0.2, -0.15) is 5.10 Å². The predicted octanol–water partition coefficient (Wildman–Crippen LogP) is 5.88. The van der Waals surface area contributed by atoms with Crippen molar-refractivity contribution in [1.29, 1.82) is 0 Å². The zero-order valence-corrected chi connectivity index (χ0v) is 19.9. The number of anilines is 1. The molecule has 0 saturated heterocycles. The van der Waals surface area contributed by atoms with E-state index in [-0.39, 0.29) is 11.8 Å². The molecule has 1 amide bonds. The van der Waals surface area contributed by atoms with Crippen LogP contribution in [0.5, 0.6) is 11.5 Å². The molecule has 1 N–H and O–H groups in total. The van der Waals surface area contributed by atoms with Crippen LogP contribution in [0.15, 0.2) is 73.2 Å². The summed E-state index contributed by atoms with van der Waals surface area (Å²) in [5, 5.41) is 8.07. The number of hydrogen-bond acceptors (Lipinski definition) is 5. The van der Waals surface area contributed by atoms with Gasteiger partial charge in [0.2, 0.25) is 0 Å². The van der Waals surface area contributed by atoms with E-state index in [0.717, 1.165) is 16.9 Å². The second-order valence-corrected chi connectivity index (χ2v) is 8.39. The summed E-state index contributed by atoms with van der Waals surface area (Å²) in [7, 11) is 1.57. The summed E-state index contributed by atoms with van der Waals surface area (Å²) in [4.78, 5) is 17.3. The molecule has 2 aromatic carbocycles. The number of aromatic nitrogens is 3. The number of rotatable bonds is 8. The van der Waals surface area contributed by atoms with E-state index in [0.29, 0.717) is 34.4 Å². The lowest BCUT2D eigenvalue weighted by atomic mass is 10.0. The highest BCUT2D eigenvalue weighted by Crippen LogP contribution is 2.32. The number of benzene rings is 2. The number of carbonyl (C=O) groups excluding carboxylic acids is 1. The van der Waals surface area contributed by atoms with Crippen molar-refractivity contribution >= 4 is 23.2 Å². The van der Waals surface area contributed by atoms with Crippen LogP contribution in [0.25, 0.3) is 5.69 Å². The monoisotopic (exact) mass is 476 g/mol. The first kappa shape index (κ1) is 23.3. The first-order valence-corrected chi connectivity index (χ1v) is 11.2. The molecule has 34 heavy (non-hydrogen) atoms. The van der Waals surface area contributed by atoms with Crippen LogP contribution in [-0.2, 0) is 6.61 Å². The second-order valence-electron chi connectivity index (χ2n) is 7.96. The minimum absolute atomic E-state index is 0.0631. The largest absolute Gasteiger partial charge is 0.493 e. The molecule has 4 rings (SSSR count). The number of halogens is 1. The summed E-state index contributed by atoms with van der Waals surface area (Å²) in [6.45, 7) is 4.38. The standard InChI is InChI=1S/C26H25ClN4O3/c1-17(2)25-22(15-29-31(25)21-9-6-19(27)7-10-21)26(32)30-20-8-11-23(33-3)24(13-20)34-16-18-5-4-12-28-14-18/h4-15,17H,16H2,1-3H3,(H,30,32). The maximum absolute atomic E-state index is 13.2. The molecule has 0 saturated carbocycles. The van der Waals surface area contributed by atoms with Crippen molar-refractivity contribution in [2.45, 2.75) is 26.4 Å². The lowest BCUT2D eigenvalue weighted by molar-refractivity contribution is 0.102. The van der Waals surface area contributed by atoms with Crippen LogP contribution in [0, 0.1) is 0 Å². The summed E-state index contributed by atoms with van der Waals surface area (Å²) in [5.74, 6) is 0.894. The molecule has 0 fully saturated rings. The zero-order valence-electron chi connectivity index (χ0n) is 19.2. The molecule has 8 heteroatoms. The summed E-state index contributed by atoms with van der Waals surface area (Å²) < 4.78 is 13.1. The van der Waals surface area contributed by atoms with Gasteiger partial charge in [-0.25, -0.2) is 4.68 Å². The molecule has 0 aliphatic rings. The van der Waals surface area contributed by atoms with Crippen LogP contribution in [0.3, 0.4) is 0 Å². The van der Waals surface area contributed by atoms with Crippen molar-refractivity contribution < 1.29 is 14.3 Å². The predicted molar refractivity (Wildman–Crippen MR) is 132 cm³/mol. The molecular weight excluding hydrogens is 452 g/mol. The van der Waals surface area contributed by atoms with Gasteiger partial charge in [-0.15, -0.1) is 0 Å². The van der Waals surface area contributed by atoms with Crippen LogP contribution in [0.4, 0.5) is 5.69 Å². The molecular formula is C26H25ClN4O3. The number of hydrogen-bond donors (Lipinski definition) is 1. The van der Waals surface area contributed by atoms with Gasteiger partial charge in [-0.05, 0) is 48.4 Å². The minimum Gasteiger partial charge on any atom is -0.493 e. The van der Waals surface area contributed by atoms with Crippen LogP contribution < -0.4 is 14.8 Å². The first-order chi connectivity index (χ1) is 16.5. The molecule has 7 nitrogen and oxygen atoms in total. The molecule has 0 aliphatic carbocycles. The van der Waals surface area contributed by atoms with Gasteiger partial charge in [0.1, 0.15) is 6.61 Å². The Kier molecular flexibility index (Phi) is 7.13. The van der Waals surface area contributed by atoms with Crippen molar-refractivity contribution in [1.82, 2.24) is 14.8 Å². The van der Waals surface area contributed by atoms with Crippen molar-refractivity contribution in [3.05, 3.63) is 95.0 Å². The molecule has 0 spiro atoms. The van der Waals surface area contributed by atoms with E-state index in [1.165, 1.54) is 0 Å². The number of nitrogens with zero attached hydrogens (tertiary/aromatic N) is 3. The number of nitrogens with one attached hydrogen (secondary N) is 1. The molecule has 0 aliphatic heterocycles. The molecule has 2 heterocycles. The van der Waals surface area contributed by atoms with E-state index in [4.69, 9.17) is 21.1 Å². The van der Waals surface area contributed by atoms with Gasteiger partial charge in [-0.3, -0.25) is 9.78 Å². The third kappa shape index (κ3) is 5.21. The fourth-order valence-electron chi connectivity index (χ4n) is 3.59. The normalized spacial score (nSPS) is 10.9. The summed E-state index contributed by atoms with van der Waals surface area (Å²) in [5.41, 5.74) is 3.65. The highest BCUT2D eigenvalue weighted by molar-refractivity contribution is 6.30. The highest BCUT2D eigenvalue weighted by Gasteiger charge is 2.21. The van der Waals surface area contributed by atoms with Crippen LogP contribution in [-0.4, -0.2) is 27.8 Å². The fraction of sp³-hybridized carbons (Fsp3) is 0.192. The van der Waals surface area contributed by atoms with Gasteiger partial charge in [0, 0.05) is 34.7 Å². The number of ether oxygens (including phenoxy) is 2. The molecule has 0 atom stereocenters. The molecule has 4 aromatic rings. The summed E-state index contributed by atoms with van der Waals surface area (Å²) >= 11 is 6.02. The Morgan fingerprint density at radius 2 is 1.88 bits per heavy atom. The highest BCUT2D eigenvalue weighted by atomic mass is 35.5. The third-order valence-electron chi connectivity index (χ3n) is 5.21. The average molecular weight is 477 g/mol. The van der Waals surface area contributed by atoms with Crippen molar-refractivity contribution in [2.24, 2.45) is 0 Å². The maximum atomic E-state index is 13.2. The van der Waals surface area contributed by atoms with Gasteiger partial charge in [0.25, 0.3) is 5.91 Å². The average Bonchev–Trinajstić information content (AvgIpc) is 3.30. The third-order valence-corrected chi connectivity index (χ3v) is 5.46. The Bertz CT molecular complexity index is 1270. The van der Waals surface area contributed by atoms with Gasteiger partial charge < -0.3 is 14.8 Å². The minimum atomic E-state index is -0.257. The Morgan fingerprint density at radius 1 is 1.09 bits per heavy atom. The van der Waals surface area contributed by atoms with Gasteiger partial charge in [0.05, 0.1) is 30.3 Å². The molecule has 0 bridgehead atoms. The lowest BCUT2D eigenvalue weighted by Gasteiger charge is -2.14. The second kappa shape index (κ2) is 10.4. The molecule has 0 unspecified atom stereocenters. The van der Waals surface area contributed by atoms with E-state index in [9.17, 15) is 4.79 Å². The fourth-order valence-corrected chi connectivity index (χ4v) is 3.71. The topological polar surface area (TPSA) is 78.3 Å². The lowest BCUT2D eigenvalue weighted by Crippen LogP contribution is -2.15. The number of pyridine rings is 1. The smallest absolute Gasteiger partial charge is 0.259 e. The van der Waals surface area contributed by atoms with E-state index in [1.54, 1.807) is 60.7 Å². The van der Waals surface area contributed by atoms with E-state index in [2.05, 4.69) is 15.4 Å². The molecule has 174 valence electrons. The zero-order chi connectivity index (χ0) is 24.1. The molecule has 2 aromatic heterocycles. The molecule has 0 radical (unpaired) electrons. The van der Waals surface area contributed by atoms with E-state index >= 15 is 0 Å².